The summed E-state index contributed by atoms with van der Waals surface area (Å²) in [4.78, 5) is 10.6. The topological polar surface area (TPSA) is 36.8 Å². The maximum atomic E-state index is 5.29. The number of aliphatic imine (C=N–C) groups is 2. The second-order valence-electron chi connectivity index (χ2n) is 13.4. The molecule has 1 aromatic heterocycles. The van der Waals surface area contributed by atoms with Crippen LogP contribution in [0, 0.1) is 0 Å². The van der Waals surface area contributed by atoms with Gasteiger partial charge in [0.2, 0.25) is 0 Å². The Labute approximate surface area is 312 Å². The molecule has 0 spiro atoms. The lowest BCUT2D eigenvalue weighted by Gasteiger charge is -2.24. The molecule has 1 aliphatic rings. The molecule has 3 nitrogen and oxygen atoms in total. The summed E-state index contributed by atoms with van der Waals surface area (Å²) in [6.45, 7) is 0. The van der Waals surface area contributed by atoms with Gasteiger partial charge in [0, 0.05) is 31.3 Å². The molecule has 0 aliphatic carbocycles. The number of nitrogens with zero attached hydrogens (tertiary/aromatic N) is 2. The Kier molecular flexibility index (Phi) is 7.74. The van der Waals surface area contributed by atoms with Gasteiger partial charge in [-0.1, -0.05) is 158 Å². The van der Waals surface area contributed by atoms with Gasteiger partial charge in [-0.15, -0.1) is 11.3 Å². The summed E-state index contributed by atoms with van der Waals surface area (Å²) in [6.07, 6.45) is -0.330. The Balaban J connectivity index is 1.11. The summed E-state index contributed by atoms with van der Waals surface area (Å²) >= 11 is 1.83. The highest BCUT2D eigenvalue weighted by Crippen LogP contribution is 2.39. The first-order chi connectivity index (χ1) is 26.2. The molecular weight excluding hydrogens is 663 g/mol. The Hall–Kier alpha value is -6.62. The number of hydrogen-bond acceptors (Lipinski definition) is 4. The molecule has 0 fully saturated rings. The molecule has 0 bridgehead atoms. The smallest absolute Gasteiger partial charge is 0.159 e. The predicted octanol–water partition coefficient (Wildman–Crippen LogP) is 12.7. The van der Waals surface area contributed by atoms with Gasteiger partial charge in [0.25, 0.3) is 0 Å². The van der Waals surface area contributed by atoms with Crippen LogP contribution in [0.4, 0.5) is 0 Å². The summed E-state index contributed by atoms with van der Waals surface area (Å²) in [5.74, 6) is 1.53. The summed E-state index contributed by atoms with van der Waals surface area (Å²) in [6, 6.07) is 67.0. The van der Waals surface area contributed by atoms with Gasteiger partial charge in [0.1, 0.15) is 12.0 Å². The minimum absolute atomic E-state index is 0.330. The maximum absolute atomic E-state index is 5.29. The van der Waals surface area contributed by atoms with Gasteiger partial charge in [0.05, 0.1) is 0 Å². The zero-order valence-electron chi connectivity index (χ0n) is 28.8. The molecule has 9 aromatic rings. The Morgan fingerprint density at radius 1 is 0.434 bits per heavy atom. The van der Waals surface area contributed by atoms with E-state index in [4.69, 9.17) is 9.98 Å². The lowest BCUT2D eigenvalue weighted by molar-refractivity contribution is 0.675. The third-order valence-electron chi connectivity index (χ3n) is 10.1. The SMILES string of the molecule is c1ccc(-c2ccc(C3=NC(c4cccc(-c5ccccc5)c4)NC(c4cccc5sc6ccc(-c7ccc8ccccc8c7)cc6c45)=N3)cc2)cc1. The van der Waals surface area contributed by atoms with Gasteiger partial charge in [-0.05, 0) is 80.0 Å². The molecule has 10 rings (SSSR count). The van der Waals surface area contributed by atoms with Crippen LogP contribution >= 0.6 is 11.3 Å². The van der Waals surface area contributed by atoms with Crippen molar-refractivity contribution < 1.29 is 0 Å². The van der Waals surface area contributed by atoms with E-state index in [0.29, 0.717) is 5.84 Å². The molecule has 0 radical (unpaired) electrons. The Morgan fingerprint density at radius 3 is 1.85 bits per heavy atom. The number of benzene rings is 8. The minimum Gasteiger partial charge on any atom is -0.344 e. The van der Waals surface area contributed by atoms with Crippen LogP contribution in [-0.2, 0) is 0 Å². The van der Waals surface area contributed by atoms with Crippen molar-refractivity contribution in [2.75, 3.05) is 0 Å². The average molecular weight is 696 g/mol. The minimum atomic E-state index is -0.330. The largest absolute Gasteiger partial charge is 0.344 e. The molecule has 0 saturated heterocycles. The molecule has 0 amide bonds. The van der Waals surface area contributed by atoms with Crippen LogP contribution in [-0.4, -0.2) is 11.7 Å². The highest BCUT2D eigenvalue weighted by molar-refractivity contribution is 7.25. The zero-order valence-corrected chi connectivity index (χ0v) is 29.6. The number of fused-ring (bicyclic) bond motifs is 4. The van der Waals surface area contributed by atoms with Crippen molar-refractivity contribution in [3.8, 4) is 33.4 Å². The van der Waals surface area contributed by atoms with Crippen molar-refractivity contribution in [1.29, 1.82) is 0 Å². The van der Waals surface area contributed by atoms with Crippen LogP contribution in [0.5, 0.6) is 0 Å². The van der Waals surface area contributed by atoms with Crippen LogP contribution in [0.15, 0.2) is 198 Å². The maximum Gasteiger partial charge on any atom is 0.159 e. The number of nitrogens with one attached hydrogen (secondary N) is 1. The fraction of sp³-hybridized carbons (Fsp3) is 0.0204. The highest BCUT2D eigenvalue weighted by Gasteiger charge is 2.24. The van der Waals surface area contributed by atoms with E-state index in [0.717, 1.165) is 33.7 Å². The monoisotopic (exact) mass is 695 g/mol. The van der Waals surface area contributed by atoms with E-state index in [-0.39, 0.29) is 6.17 Å². The van der Waals surface area contributed by atoms with E-state index >= 15 is 0 Å². The van der Waals surface area contributed by atoms with Crippen LogP contribution in [0.1, 0.15) is 22.9 Å². The first-order valence-electron chi connectivity index (χ1n) is 17.9. The summed E-state index contributed by atoms with van der Waals surface area (Å²) < 4.78 is 2.49. The standard InChI is InChI=1S/C49H33N3S/c1-3-11-32(12-4-1)35-21-24-36(25-22-35)47-50-48(41-18-9-17-38(30-41)33-13-5-2-6-14-33)52-49(51-47)42-19-10-20-45-46(42)43-31-40(27-28-44(43)53-45)39-26-23-34-15-7-8-16-37(34)29-39/h1-31,48H,(H,50,51,52). The second-order valence-corrected chi connectivity index (χ2v) is 14.5. The molecule has 53 heavy (non-hydrogen) atoms. The van der Waals surface area contributed by atoms with Crippen LogP contribution in [0.2, 0.25) is 0 Å². The highest BCUT2D eigenvalue weighted by atomic mass is 32.1. The normalized spacial score (nSPS) is 14.2. The van der Waals surface area contributed by atoms with E-state index in [1.54, 1.807) is 0 Å². The fourth-order valence-corrected chi connectivity index (χ4v) is 8.53. The van der Waals surface area contributed by atoms with Crippen molar-refractivity contribution in [1.82, 2.24) is 5.32 Å². The number of hydrogen-bond donors (Lipinski definition) is 1. The van der Waals surface area contributed by atoms with Crippen LogP contribution in [0.25, 0.3) is 64.3 Å². The van der Waals surface area contributed by atoms with Crippen molar-refractivity contribution in [3.05, 3.63) is 205 Å². The first-order valence-corrected chi connectivity index (χ1v) is 18.7. The van der Waals surface area contributed by atoms with Crippen molar-refractivity contribution in [2.45, 2.75) is 6.17 Å². The van der Waals surface area contributed by atoms with Gasteiger partial charge >= 0.3 is 0 Å². The van der Waals surface area contributed by atoms with Crippen molar-refractivity contribution in [2.24, 2.45) is 9.98 Å². The summed E-state index contributed by atoms with van der Waals surface area (Å²) in [5.41, 5.74) is 10.2. The average Bonchev–Trinajstić information content (AvgIpc) is 3.62. The lowest BCUT2D eigenvalue weighted by atomic mass is 9.98. The molecule has 4 heteroatoms. The van der Waals surface area contributed by atoms with E-state index in [1.807, 2.05) is 17.4 Å². The van der Waals surface area contributed by atoms with Crippen LogP contribution in [0.3, 0.4) is 0 Å². The quantitative estimate of drug-likeness (QED) is 0.185. The zero-order chi connectivity index (χ0) is 35.1. The molecule has 0 saturated carbocycles. The van der Waals surface area contributed by atoms with Gasteiger partial charge in [0.15, 0.2) is 5.84 Å². The molecule has 250 valence electrons. The van der Waals surface area contributed by atoms with Crippen molar-refractivity contribution in [3.63, 3.8) is 0 Å². The van der Waals surface area contributed by atoms with E-state index in [2.05, 4.69) is 187 Å². The van der Waals surface area contributed by atoms with E-state index < -0.39 is 0 Å². The third-order valence-corrected chi connectivity index (χ3v) is 11.3. The van der Waals surface area contributed by atoms with E-state index in [1.165, 1.54) is 53.2 Å². The van der Waals surface area contributed by atoms with Gasteiger partial charge in [-0.2, -0.15) is 0 Å². The van der Waals surface area contributed by atoms with E-state index in [9.17, 15) is 0 Å². The van der Waals surface area contributed by atoms with Gasteiger partial charge in [-0.3, -0.25) is 0 Å². The Morgan fingerprint density at radius 2 is 1.04 bits per heavy atom. The molecular formula is C49H33N3S. The number of rotatable bonds is 6. The number of thiophene rings is 1. The van der Waals surface area contributed by atoms with Gasteiger partial charge in [-0.25, -0.2) is 9.98 Å². The molecule has 1 aliphatic heterocycles. The summed E-state index contributed by atoms with van der Waals surface area (Å²) in [7, 11) is 0. The molecule has 1 atom stereocenters. The fourth-order valence-electron chi connectivity index (χ4n) is 7.42. The van der Waals surface area contributed by atoms with Gasteiger partial charge < -0.3 is 5.32 Å². The second kappa shape index (κ2) is 13.2. The lowest BCUT2D eigenvalue weighted by Crippen LogP contribution is -2.33. The third kappa shape index (κ3) is 5.89. The summed E-state index contributed by atoms with van der Waals surface area (Å²) in [5, 5.41) is 8.71. The predicted molar refractivity (Wildman–Crippen MR) is 225 cm³/mol. The Bertz CT molecular complexity index is 2850. The number of amidine groups is 2. The molecule has 2 heterocycles. The first kappa shape index (κ1) is 31.1. The van der Waals surface area contributed by atoms with Crippen LogP contribution < -0.4 is 5.32 Å². The molecule has 8 aromatic carbocycles. The van der Waals surface area contributed by atoms with Crippen molar-refractivity contribution >= 4 is 54.0 Å². The molecule has 1 unspecified atom stereocenters. The molecule has 1 N–H and O–H groups in total.